The van der Waals surface area contributed by atoms with E-state index >= 15 is 0 Å². The number of nitro groups is 1. The quantitative estimate of drug-likeness (QED) is 0.588. The van der Waals surface area contributed by atoms with Gasteiger partial charge in [-0.3, -0.25) is 15.0 Å². The Hall–Kier alpha value is -3.33. The lowest BCUT2D eigenvalue weighted by Crippen LogP contribution is -2.46. The number of benzene rings is 2. The summed E-state index contributed by atoms with van der Waals surface area (Å²) in [7, 11) is 3.02. The van der Waals surface area contributed by atoms with E-state index in [-0.39, 0.29) is 10.6 Å². The zero-order chi connectivity index (χ0) is 20.8. The molecule has 1 fully saturated rings. The third-order valence-corrected chi connectivity index (χ3v) is 4.83. The SMILES string of the molecule is CNC(=O)Oc1ccc(CN2CCN(c3ccccc3[N+](=O)[O-])CC2)cc1OC. The number of carbonyl (C=O) groups excluding carboxylic acids is 1. The summed E-state index contributed by atoms with van der Waals surface area (Å²) < 4.78 is 10.5. The number of methoxy groups -OCH3 is 1. The Balaban J connectivity index is 1.62. The van der Waals surface area contributed by atoms with Gasteiger partial charge in [0.15, 0.2) is 11.5 Å². The molecule has 2 aromatic rings. The number of ether oxygens (including phenoxy) is 2. The van der Waals surface area contributed by atoms with Crippen LogP contribution in [0.4, 0.5) is 16.2 Å². The molecule has 1 aliphatic heterocycles. The van der Waals surface area contributed by atoms with Gasteiger partial charge in [-0.05, 0) is 23.8 Å². The number of para-hydroxylation sites is 2. The molecule has 0 aromatic heterocycles. The Bertz CT molecular complexity index is 881. The highest BCUT2D eigenvalue weighted by atomic mass is 16.6. The fraction of sp³-hybridized carbons (Fsp3) is 0.350. The molecular weight excluding hydrogens is 376 g/mol. The minimum absolute atomic E-state index is 0.136. The van der Waals surface area contributed by atoms with Gasteiger partial charge >= 0.3 is 6.09 Å². The van der Waals surface area contributed by atoms with Crippen molar-refractivity contribution in [3.63, 3.8) is 0 Å². The van der Waals surface area contributed by atoms with Crippen LogP contribution >= 0.6 is 0 Å². The van der Waals surface area contributed by atoms with Crippen molar-refractivity contribution in [3.05, 3.63) is 58.1 Å². The molecule has 0 unspecified atom stereocenters. The van der Waals surface area contributed by atoms with Crippen molar-refractivity contribution in [1.29, 1.82) is 0 Å². The highest BCUT2D eigenvalue weighted by Gasteiger charge is 2.23. The Labute approximate surface area is 169 Å². The molecule has 0 spiro atoms. The number of nitro benzene ring substituents is 1. The molecule has 154 valence electrons. The summed E-state index contributed by atoms with van der Waals surface area (Å²) >= 11 is 0. The molecule has 0 aliphatic carbocycles. The zero-order valence-electron chi connectivity index (χ0n) is 16.5. The number of nitrogens with zero attached hydrogens (tertiary/aromatic N) is 3. The van der Waals surface area contributed by atoms with Gasteiger partial charge in [0.2, 0.25) is 0 Å². The van der Waals surface area contributed by atoms with E-state index in [9.17, 15) is 14.9 Å². The van der Waals surface area contributed by atoms with Crippen molar-refractivity contribution >= 4 is 17.5 Å². The number of carbonyl (C=O) groups is 1. The number of hydrogen-bond acceptors (Lipinski definition) is 7. The minimum Gasteiger partial charge on any atom is -0.493 e. The van der Waals surface area contributed by atoms with E-state index < -0.39 is 6.09 Å². The van der Waals surface area contributed by atoms with E-state index in [1.54, 1.807) is 18.2 Å². The molecule has 0 bridgehead atoms. The molecule has 3 rings (SSSR count). The van der Waals surface area contributed by atoms with Crippen LogP contribution in [0, 0.1) is 10.1 Å². The van der Waals surface area contributed by atoms with E-state index in [4.69, 9.17) is 9.47 Å². The monoisotopic (exact) mass is 400 g/mol. The maximum absolute atomic E-state index is 11.4. The van der Waals surface area contributed by atoms with E-state index in [1.165, 1.54) is 20.2 Å². The van der Waals surface area contributed by atoms with Crippen LogP contribution in [0.15, 0.2) is 42.5 Å². The maximum atomic E-state index is 11.4. The summed E-state index contributed by atoms with van der Waals surface area (Å²) in [5, 5.41) is 13.7. The molecule has 0 radical (unpaired) electrons. The first-order chi connectivity index (χ1) is 14.0. The van der Waals surface area contributed by atoms with Gasteiger partial charge in [0.1, 0.15) is 5.69 Å². The second-order valence-corrected chi connectivity index (χ2v) is 6.63. The number of piperazine rings is 1. The standard InChI is InChI=1S/C20H24N4O5/c1-21-20(25)29-18-8-7-15(13-19(18)28-2)14-22-9-11-23(12-10-22)16-5-3-4-6-17(16)24(26)27/h3-8,13H,9-12,14H2,1-2H3,(H,21,25). The largest absolute Gasteiger partial charge is 0.493 e. The molecule has 1 N–H and O–H groups in total. The van der Waals surface area contributed by atoms with Crippen LogP contribution in [0.5, 0.6) is 11.5 Å². The Kier molecular flexibility index (Phi) is 6.50. The van der Waals surface area contributed by atoms with Gasteiger partial charge in [-0.2, -0.15) is 0 Å². The highest BCUT2D eigenvalue weighted by Crippen LogP contribution is 2.30. The van der Waals surface area contributed by atoms with Crippen molar-refractivity contribution in [2.45, 2.75) is 6.54 Å². The lowest BCUT2D eigenvalue weighted by Gasteiger charge is -2.35. The van der Waals surface area contributed by atoms with Gasteiger partial charge in [-0.25, -0.2) is 4.79 Å². The van der Waals surface area contributed by atoms with Gasteiger partial charge in [-0.1, -0.05) is 18.2 Å². The van der Waals surface area contributed by atoms with Gasteiger partial charge < -0.3 is 19.7 Å². The van der Waals surface area contributed by atoms with Crippen LogP contribution in [0.2, 0.25) is 0 Å². The van der Waals surface area contributed by atoms with Crippen molar-refractivity contribution in [2.75, 3.05) is 45.2 Å². The zero-order valence-corrected chi connectivity index (χ0v) is 16.5. The fourth-order valence-electron chi connectivity index (χ4n) is 3.34. The molecule has 1 amide bonds. The molecule has 9 nitrogen and oxygen atoms in total. The van der Waals surface area contributed by atoms with Crippen molar-refractivity contribution in [1.82, 2.24) is 10.2 Å². The maximum Gasteiger partial charge on any atom is 0.412 e. The molecule has 0 atom stereocenters. The van der Waals surface area contributed by atoms with Crippen molar-refractivity contribution in [3.8, 4) is 11.5 Å². The molecule has 0 saturated carbocycles. The number of anilines is 1. The van der Waals surface area contributed by atoms with Gasteiger partial charge in [0, 0.05) is 45.8 Å². The number of amides is 1. The summed E-state index contributed by atoms with van der Waals surface area (Å²) in [5.41, 5.74) is 1.83. The number of nitrogens with one attached hydrogen (secondary N) is 1. The Morgan fingerprint density at radius 1 is 1.14 bits per heavy atom. The molecule has 29 heavy (non-hydrogen) atoms. The molecule has 1 saturated heterocycles. The summed E-state index contributed by atoms with van der Waals surface area (Å²) in [4.78, 5) is 26.7. The third kappa shape index (κ3) is 4.94. The molecule has 2 aromatic carbocycles. The van der Waals surface area contributed by atoms with Crippen LogP contribution in [-0.4, -0.2) is 56.3 Å². The summed E-state index contributed by atoms with van der Waals surface area (Å²) in [6.45, 7) is 3.69. The predicted octanol–water partition coefficient (Wildman–Crippen LogP) is 2.64. The highest BCUT2D eigenvalue weighted by molar-refractivity contribution is 5.71. The van der Waals surface area contributed by atoms with Crippen LogP contribution < -0.4 is 19.7 Å². The van der Waals surface area contributed by atoms with Crippen LogP contribution in [0.1, 0.15) is 5.56 Å². The Morgan fingerprint density at radius 3 is 2.52 bits per heavy atom. The summed E-state index contributed by atoms with van der Waals surface area (Å²) in [6.07, 6.45) is -0.554. The van der Waals surface area contributed by atoms with E-state index in [0.717, 1.165) is 18.7 Å². The average Bonchev–Trinajstić information content (AvgIpc) is 2.75. The van der Waals surface area contributed by atoms with E-state index in [2.05, 4.69) is 15.1 Å². The Morgan fingerprint density at radius 2 is 1.86 bits per heavy atom. The van der Waals surface area contributed by atoms with Gasteiger partial charge in [0.05, 0.1) is 12.0 Å². The normalized spacial score (nSPS) is 14.3. The number of hydrogen-bond donors (Lipinski definition) is 1. The second-order valence-electron chi connectivity index (χ2n) is 6.63. The lowest BCUT2D eigenvalue weighted by molar-refractivity contribution is -0.384. The second kappa shape index (κ2) is 9.24. The smallest absolute Gasteiger partial charge is 0.412 e. The van der Waals surface area contributed by atoms with Crippen molar-refractivity contribution in [2.24, 2.45) is 0 Å². The van der Waals surface area contributed by atoms with Crippen LogP contribution in [-0.2, 0) is 6.54 Å². The van der Waals surface area contributed by atoms with Crippen LogP contribution in [0.3, 0.4) is 0 Å². The van der Waals surface area contributed by atoms with Crippen molar-refractivity contribution < 1.29 is 19.2 Å². The molecular formula is C20H24N4O5. The third-order valence-electron chi connectivity index (χ3n) is 4.83. The van der Waals surface area contributed by atoms with E-state index in [0.29, 0.717) is 36.8 Å². The number of rotatable bonds is 6. The van der Waals surface area contributed by atoms with Gasteiger partial charge in [0.25, 0.3) is 5.69 Å². The topological polar surface area (TPSA) is 97.2 Å². The minimum atomic E-state index is -0.554. The lowest BCUT2D eigenvalue weighted by atomic mass is 10.1. The van der Waals surface area contributed by atoms with E-state index in [1.807, 2.05) is 18.2 Å². The first-order valence-corrected chi connectivity index (χ1v) is 9.29. The molecule has 1 aliphatic rings. The summed E-state index contributed by atoms with van der Waals surface area (Å²) in [5.74, 6) is 0.849. The van der Waals surface area contributed by atoms with Crippen LogP contribution in [0.25, 0.3) is 0 Å². The van der Waals surface area contributed by atoms with Gasteiger partial charge in [-0.15, -0.1) is 0 Å². The molecule has 9 heteroatoms. The first kappa shape index (κ1) is 20.4. The fourth-order valence-corrected chi connectivity index (χ4v) is 3.34. The molecule has 1 heterocycles. The average molecular weight is 400 g/mol. The first-order valence-electron chi connectivity index (χ1n) is 9.29. The summed E-state index contributed by atoms with van der Waals surface area (Å²) in [6, 6.07) is 12.3. The predicted molar refractivity (Wildman–Crippen MR) is 109 cm³/mol.